The molecule has 1 heterocycles. The molecule has 0 aliphatic rings. The molecule has 1 atom stereocenters. The Morgan fingerprint density at radius 3 is 2.75 bits per heavy atom. The van der Waals surface area contributed by atoms with Crippen LogP contribution >= 0.6 is 0 Å². The maximum Gasteiger partial charge on any atom is 0.324 e. The number of ether oxygens (including phenoxy) is 1. The molecule has 0 amide bonds. The van der Waals surface area contributed by atoms with Gasteiger partial charge in [0, 0.05) is 0 Å². The number of hydrogen-bond donors (Lipinski definition) is 1. The lowest BCUT2D eigenvalue weighted by atomic mass is 10.3. The number of aromatic nitrogens is 3. The molecule has 1 rings (SSSR count). The summed E-state index contributed by atoms with van der Waals surface area (Å²) in [5.74, 6) is -0.465. The van der Waals surface area contributed by atoms with Crippen LogP contribution in [0.3, 0.4) is 0 Å². The van der Waals surface area contributed by atoms with Crippen LogP contribution in [0.15, 0.2) is 12.4 Å². The van der Waals surface area contributed by atoms with E-state index in [1.54, 1.807) is 0 Å². The molecular formula is C6H10N4O2. The molecule has 0 spiro atoms. The maximum absolute atomic E-state index is 10.8. The number of rotatable bonds is 3. The fourth-order valence-corrected chi connectivity index (χ4v) is 0.739. The summed E-state index contributed by atoms with van der Waals surface area (Å²) in [6, 6.07) is -0.706. The summed E-state index contributed by atoms with van der Waals surface area (Å²) in [6.45, 7) is 0.236. The summed E-state index contributed by atoms with van der Waals surface area (Å²) in [4.78, 5) is 12.2. The predicted octanol–water partition coefficient (Wildman–Crippen LogP) is -1.22. The molecule has 0 aromatic carbocycles. The highest BCUT2D eigenvalue weighted by molar-refractivity contribution is 5.75. The minimum Gasteiger partial charge on any atom is -0.468 e. The lowest BCUT2D eigenvalue weighted by Crippen LogP contribution is -2.36. The fraction of sp³-hybridized carbons (Fsp3) is 0.500. The fourth-order valence-electron chi connectivity index (χ4n) is 0.739. The first-order chi connectivity index (χ1) is 5.74. The van der Waals surface area contributed by atoms with Gasteiger partial charge >= 0.3 is 5.97 Å². The Hall–Kier alpha value is -1.43. The summed E-state index contributed by atoms with van der Waals surface area (Å²) in [5, 5.41) is 7.58. The number of nitrogens with zero attached hydrogens (tertiary/aromatic N) is 3. The largest absolute Gasteiger partial charge is 0.468 e. The number of carbonyl (C=O) groups is 1. The summed E-state index contributed by atoms with van der Waals surface area (Å²) in [6.07, 6.45) is 3.04. The second kappa shape index (κ2) is 3.82. The van der Waals surface area contributed by atoms with Gasteiger partial charge in [0.15, 0.2) is 0 Å². The summed E-state index contributed by atoms with van der Waals surface area (Å²) in [7, 11) is 1.29. The van der Waals surface area contributed by atoms with Gasteiger partial charge in [0.25, 0.3) is 0 Å². The Morgan fingerprint density at radius 2 is 2.25 bits per heavy atom. The Balaban J connectivity index is 2.47. The quantitative estimate of drug-likeness (QED) is 0.575. The van der Waals surface area contributed by atoms with Gasteiger partial charge < -0.3 is 10.5 Å². The second-order valence-electron chi connectivity index (χ2n) is 2.21. The molecule has 0 fully saturated rings. The molecule has 0 saturated heterocycles. The van der Waals surface area contributed by atoms with Gasteiger partial charge in [-0.2, -0.15) is 15.0 Å². The Labute approximate surface area is 69.3 Å². The molecular weight excluding hydrogens is 160 g/mol. The molecule has 0 radical (unpaired) electrons. The lowest BCUT2D eigenvalue weighted by Gasteiger charge is -2.07. The Kier molecular flexibility index (Phi) is 2.76. The summed E-state index contributed by atoms with van der Waals surface area (Å²) < 4.78 is 4.43. The molecule has 66 valence electrons. The van der Waals surface area contributed by atoms with Crippen LogP contribution in [0.2, 0.25) is 0 Å². The van der Waals surface area contributed by atoms with Gasteiger partial charge in [0.1, 0.15) is 6.04 Å². The molecule has 6 heteroatoms. The van der Waals surface area contributed by atoms with Gasteiger partial charge in [-0.1, -0.05) is 0 Å². The number of carbonyl (C=O) groups excluding carboxylic acids is 1. The van der Waals surface area contributed by atoms with E-state index in [0.29, 0.717) is 0 Å². The molecule has 12 heavy (non-hydrogen) atoms. The predicted molar refractivity (Wildman–Crippen MR) is 40.0 cm³/mol. The highest BCUT2D eigenvalue weighted by Gasteiger charge is 2.14. The van der Waals surface area contributed by atoms with Crippen molar-refractivity contribution >= 4 is 5.97 Å². The highest BCUT2D eigenvalue weighted by atomic mass is 16.5. The van der Waals surface area contributed by atoms with E-state index in [0.717, 1.165) is 0 Å². The van der Waals surface area contributed by atoms with Crippen LogP contribution in [0.5, 0.6) is 0 Å². The van der Waals surface area contributed by atoms with Crippen molar-refractivity contribution in [3.8, 4) is 0 Å². The molecule has 0 bridgehead atoms. The normalized spacial score (nSPS) is 12.5. The van der Waals surface area contributed by atoms with Crippen molar-refractivity contribution in [2.45, 2.75) is 12.6 Å². The van der Waals surface area contributed by atoms with E-state index in [1.165, 1.54) is 24.3 Å². The Bertz CT molecular complexity index is 246. The Morgan fingerprint density at radius 1 is 1.67 bits per heavy atom. The van der Waals surface area contributed by atoms with Gasteiger partial charge in [-0.25, -0.2) is 0 Å². The second-order valence-corrected chi connectivity index (χ2v) is 2.21. The number of methoxy groups -OCH3 is 1. The first kappa shape index (κ1) is 8.66. The smallest absolute Gasteiger partial charge is 0.324 e. The van der Waals surface area contributed by atoms with Gasteiger partial charge in [-0.15, -0.1) is 0 Å². The third-order valence-electron chi connectivity index (χ3n) is 1.33. The lowest BCUT2D eigenvalue weighted by molar-refractivity contribution is -0.142. The van der Waals surface area contributed by atoms with E-state index >= 15 is 0 Å². The van der Waals surface area contributed by atoms with E-state index in [1.807, 2.05) is 0 Å². The van der Waals surface area contributed by atoms with E-state index < -0.39 is 12.0 Å². The number of hydrogen-bond acceptors (Lipinski definition) is 5. The van der Waals surface area contributed by atoms with Crippen molar-refractivity contribution in [2.24, 2.45) is 5.73 Å². The molecule has 2 N–H and O–H groups in total. The third-order valence-corrected chi connectivity index (χ3v) is 1.33. The van der Waals surface area contributed by atoms with E-state index in [9.17, 15) is 4.79 Å². The van der Waals surface area contributed by atoms with Crippen LogP contribution in [0.4, 0.5) is 0 Å². The van der Waals surface area contributed by atoms with Crippen LogP contribution in [0.1, 0.15) is 0 Å². The topological polar surface area (TPSA) is 83.0 Å². The SMILES string of the molecule is COC(=O)[C@@H](N)Cn1nccn1. The van der Waals surface area contributed by atoms with Crippen molar-refractivity contribution in [3.63, 3.8) is 0 Å². The van der Waals surface area contributed by atoms with Crippen LogP contribution in [0.25, 0.3) is 0 Å². The molecule has 0 unspecified atom stereocenters. The molecule has 0 aliphatic heterocycles. The first-order valence-electron chi connectivity index (χ1n) is 3.41. The van der Waals surface area contributed by atoms with Crippen molar-refractivity contribution in [1.29, 1.82) is 0 Å². The van der Waals surface area contributed by atoms with Gasteiger partial charge in [0.05, 0.1) is 26.0 Å². The van der Waals surface area contributed by atoms with Crippen molar-refractivity contribution in [1.82, 2.24) is 15.0 Å². The van der Waals surface area contributed by atoms with E-state index in [-0.39, 0.29) is 6.54 Å². The standard InChI is InChI=1S/C6H10N4O2/c1-12-6(11)5(7)4-10-8-2-3-9-10/h2-3,5H,4,7H2,1H3/t5-/m0/s1. The van der Waals surface area contributed by atoms with Gasteiger partial charge in [-0.05, 0) is 0 Å². The molecule has 6 nitrogen and oxygen atoms in total. The number of nitrogens with two attached hydrogens (primary N) is 1. The molecule has 0 saturated carbocycles. The maximum atomic E-state index is 10.8. The summed E-state index contributed by atoms with van der Waals surface area (Å²) in [5.41, 5.74) is 5.44. The molecule has 1 aromatic heterocycles. The van der Waals surface area contributed by atoms with E-state index in [4.69, 9.17) is 5.73 Å². The zero-order chi connectivity index (χ0) is 8.97. The van der Waals surface area contributed by atoms with E-state index in [2.05, 4.69) is 14.9 Å². The average Bonchev–Trinajstić information content (AvgIpc) is 2.55. The van der Waals surface area contributed by atoms with Crippen molar-refractivity contribution in [2.75, 3.05) is 7.11 Å². The van der Waals surface area contributed by atoms with Crippen molar-refractivity contribution in [3.05, 3.63) is 12.4 Å². The molecule has 1 aromatic rings. The van der Waals surface area contributed by atoms with Gasteiger partial charge in [0.2, 0.25) is 0 Å². The van der Waals surface area contributed by atoms with Crippen LogP contribution in [0, 0.1) is 0 Å². The zero-order valence-corrected chi connectivity index (χ0v) is 6.67. The zero-order valence-electron chi connectivity index (χ0n) is 6.67. The first-order valence-corrected chi connectivity index (χ1v) is 3.41. The average molecular weight is 170 g/mol. The van der Waals surface area contributed by atoms with Crippen molar-refractivity contribution < 1.29 is 9.53 Å². The minimum atomic E-state index is -0.706. The molecule has 0 aliphatic carbocycles. The van der Waals surface area contributed by atoms with Gasteiger partial charge in [-0.3, -0.25) is 4.79 Å². The van der Waals surface area contributed by atoms with Crippen LogP contribution in [-0.2, 0) is 16.1 Å². The third kappa shape index (κ3) is 2.03. The van der Waals surface area contributed by atoms with Crippen LogP contribution < -0.4 is 5.73 Å². The summed E-state index contributed by atoms with van der Waals surface area (Å²) >= 11 is 0. The van der Waals surface area contributed by atoms with Crippen LogP contribution in [-0.4, -0.2) is 34.1 Å². The minimum absolute atomic E-state index is 0.236. The monoisotopic (exact) mass is 170 g/mol. The highest BCUT2D eigenvalue weighted by Crippen LogP contribution is 1.87. The number of esters is 1.